The van der Waals surface area contributed by atoms with Crippen molar-refractivity contribution in [1.29, 1.82) is 0 Å². The number of halogens is 3. The van der Waals surface area contributed by atoms with E-state index in [-0.39, 0.29) is 5.91 Å². The quantitative estimate of drug-likeness (QED) is 0.488. The summed E-state index contributed by atoms with van der Waals surface area (Å²) in [5.41, 5.74) is 7.98. The van der Waals surface area contributed by atoms with Crippen LogP contribution in [0.5, 0.6) is 0 Å². The molecule has 0 spiro atoms. The lowest BCUT2D eigenvalue weighted by molar-refractivity contribution is -0.128. The first kappa shape index (κ1) is 24.1. The van der Waals surface area contributed by atoms with Crippen LogP contribution in [0.15, 0.2) is 40.9 Å². The van der Waals surface area contributed by atoms with Crippen LogP contribution in [0.4, 0.5) is 0 Å². The van der Waals surface area contributed by atoms with Gasteiger partial charge in [0, 0.05) is 27.0 Å². The average molecular weight is 565 g/mol. The van der Waals surface area contributed by atoms with Gasteiger partial charge in [0.05, 0.1) is 5.41 Å². The molecule has 2 bridgehead atoms. The maximum absolute atomic E-state index is 13.3. The summed E-state index contributed by atoms with van der Waals surface area (Å²) in [5, 5.41) is 3.91. The number of carbonyl (C=O) groups is 2. The fraction of sp³-hybridized carbons (Fsp3) is 0.462. The van der Waals surface area contributed by atoms with Crippen LogP contribution >= 0.6 is 39.1 Å². The maximum atomic E-state index is 13.3. The van der Waals surface area contributed by atoms with Crippen molar-refractivity contribution in [2.24, 2.45) is 11.7 Å². The van der Waals surface area contributed by atoms with Gasteiger partial charge in [0.2, 0.25) is 11.8 Å². The van der Waals surface area contributed by atoms with Crippen molar-refractivity contribution < 1.29 is 9.59 Å². The number of primary amides is 1. The highest BCUT2D eigenvalue weighted by Crippen LogP contribution is 2.51. The average Bonchev–Trinajstić information content (AvgIpc) is 3.62. The highest BCUT2D eigenvalue weighted by atomic mass is 79.9. The fourth-order valence-corrected chi connectivity index (χ4v) is 6.74. The lowest BCUT2D eigenvalue weighted by atomic mass is 9.80. The van der Waals surface area contributed by atoms with Crippen molar-refractivity contribution in [3.05, 3.63) is 67.6 Å². The molecule has 5 nitrogen and oxygen atoms in total. The summed E-state index contributed by atoms with van der Waals surface area (Å²) in [5.74, 6) is 0.0301. The third kappa shape index (κ3) is 4.62. The normalized spacial score (nSPS) is 25.6. The van der Waals surface area contributed by atoms with Crippen molar-refractivity contribution in [2.45, 2.75) is 56.0 Å². The minimum atomic E-state index is -0.798. The first-order chi connectivity index (χ1) is 16.3. The molecular weight excluding hydrogens is 537 g/mol. The number of amides is 2. The van der Waals surface area contributed by atoms with Crippen LogP contribution in [0, 0.1) is 5.92 Å². The van der Waals surface area contributed by atoms with Crippen LogP contribution < -0.4 is 11.1 Å². The van der Waals surface area contributed by atoms with E-state index in [1.54, 1.807) is 18.2 Å². The molecule has 3 aliphatic heterocycles. The minimum Gasteiger partial charge on any atom is -0.368 e. The molecule has 0 aromatic heterocycles. The molecule has 2 aromatic rings. The third-order valence-electron chi connectivity index (χ3n) is 7.79. The zero-order chi connectivity index (χ0) is 24.0. The van der Waals surface area contributed by atoms with Gasteiger partial charge in [-0.2, -0.15) is 0 Å². The lowest BCUT2D eigenvalue weighted by Gasteiger charge is -2.46. The van der Waals surface area contributed by atoms with Crippen molar-refractivity contribution in [2.75, 3.05) is 13.1 Å². The first-order valence-electron chi connectivity index (χ1n) is 11.8. The minimum absolute atomic E-state index is 0.214. The zero-order valence-corrected chi connectivity index (χ0v) is 21.9. The molecule has 2 amide bonds. The van der Waals surface area contributed by atoms with E-state index in [0.717, 1.165) is 34.6 Å². The Labute approximate surface area is 218 Å². The van der Waals surface area contributed by atoms with E-state index in [1.165, 1.54) is 24.8 Å². The Morgan fingerprint density at radius 3 is 2.47 bits per heavy atom. The molecule has 1 saturated carbocycles. The fourth-order valence-electron chi connectivity index (χ4n) is 5.64. The maximum Gasteiger partial charge on any atom is 0.240 e. The van der Waals surface area contributed by atoms with E-state index in [4.69, 9.17) is 28.9 Å². The molecule has 4 aliphatic rings. The van der Waals surface area contributed by atoms with Crippen molar-refractivity contribution in [3.8, 4) is 0 Å². The number of piperidine rings is 3. The smallest absolute Gasteiger partial charge is 0.240 e. The number of hydrogen-bond donors (Lipinski definition) is 2. The van der Waals surface area contributed by atoms with Gasteiger partial charge in [-0.1, -0.05) is 57.3 Å². The molecule has 2 aromatic carbocycles. The predicted octanol–water partition coefficient (Wildman–Crippen LogP) is 5.16. The summed E-state index contributed by atoms with van der Waals surface area (Å²) in [4.78, 5) is 28.2. The number of fused-ring (bicyclic) bond motifs is 3. The Balaban J connectivity index is 1.34. The molecule has 6 rings (SSSR count). The molecule has 0 radical (unpaired) electrons. The highest BCUT2D eigenvalue weighted by molar-refractivity contribution is 9.10. The number of nitrogens with two attached hydrogens (primary N) is 1. The summed E-state index contributed by atoms with van der Waals surface area (Å²) in [6.45, 7) is 2.28. The zero-order valence-electron chi connectivity index (χ0n) is 18.8. The van der Waals surface area contributed by atoms with E-state index in [0.29, 0.717) is 35.3 Å². The van der Waals surface area contributed by atoms with Gasteiger partial charge < -0.3 is 11.1 Å². The Morgan fingerprint density at radius 2 is 1.88 bits per heavy atom. The number of benzene rings is 2. The van der Waals surface area contributed by atoms with Gasteiger partial charge in [0.15, 0.2) is 0 Å². The topological polar surface area (TPSA) is 75.4 Å². The summed E-state index contributed by atoms with van der Waals surface area (Å²) < 4.78 is 1.09. The predicted molar refractivity (Wildman–Crippen MR) is 138 cm³/mol. The molecule has 4 fully saturated rings. The molecule has 34 heavy (non-hydrogen) atoms. The second kappa shape index (κ2) is 9.45. The summed E-state index contributed by atoms with van der Waals surface area (Å²) in [7, 11) is 0. The van der Waals surface area contributed by atoms with Gasteiger partial charge in [0.25, 0.3) is 0 Å². The molecule has 180 valence electrons. The Bertz CT molecular complexity index is 1130. The van der Waals surface area contributed by atoms with E-state index in [1.807, 2.05) is 12.1 Å². The van der Waals surface area contributed by atoms with Crippen molar-refractivity contribution in [1.82, 2.24) is 10.2 Å². The number of hydrogen-bond acceptors (Lipinski definition) is 3. The van der Waals surface area contributed by atoms with Gasteiger partial charge >= 0.3 is 0 Å². The Hall–Kier alpha value is -1.60. The van der Waals surface area contributed by atoms with Crippen molar-refractivity contribution >= 4 is 50.9 Å². The Morgan fingerprint density at radius 1 is 1.15 bits per heavy atom. The highest BCUT2D eigenvalue weighted by Gasteiger charge is 2.53. The van der Waals surface area contributed by atoms with Crippen LogP contribution in [-0.4, -0.2) is 35.8 Å². The molecule has 3 heterocycles. The summed E-state index contributed by atoms with van der Waals surface area (Å²) >= 11 is 16.2. The van der Waals surface area contributed by atoms with Crippen LogP contribution in [-0.2, 0) is 21.4 Å². The number of carbonyl (C=O) groups excluding carboxylic acids is 2. The van der Waals surface area contributed by atoms with Crippen LogP contribution in [0.3, 0.4) is 0 Å². The number of rotatable bonds is 7. The molecule has 3 N–H and O–H groups in total. The monoisotopic (exact) mass is 563 g/mol. The molecule has 2 unspecified atom stereocenters. The van der Waals surface area contributed by atoms with Crippen LogP contribution in [0.25, 0.3) is 0 Å². The van der Waals surface area contributed by atoms with Crippen LogP contribution in [0.2, 0.25) is 10.0 Å². The van der Waals surface area contributed by atoms with Crippen molar-refractivity contribution in [3.63, 3.8) is 0 Å². The number of nitrogens with zero attached hydrogens (tertiary/aromatic N) is 1. The van der Waals surface area contributed by atoms with Gasteiger partial charge in [-0.3, -0.25) is 14.5 Å². The van der Waals surface area contributed by atoms with E-state index in [9.17, 15) is 9.59 Å². The standard InChI is InChI=1S/C26H28BrCl2N3O2/c27-20-4-1-16(11-18(20)23-13-15-5-9-32(23)10-6-15)12-22(24(30)33)31-25(34)26(7-8-26)19-3-2-17(28)14-21(19)29/h1-4,11,14-15,22-23H,5-10,12-13H2,(H2,30,33)(H,31,34). The van der Waals surface area contributed by atoms with Gasteiger partial charge in [-0.25, -0.2) is 0 Å². The first-order valence-corrected chi connectivity index (χ1v) is 13.4. The molecule has 2 atom stereocenters. The summed E-state index contributed by atoms with van der Waals surface area (Å²) in [6.07, 6.45) is 5.43. The van der Waals surface area contributed by atoms with E-state index in [2.05, 4.69) is 32.2 Å². The van der Waals surface area contributed by atoms with Crippen LogP contribution in [0.1, 0.15) is 54.8 Å². The van der Waals surface area contributed by atoms with Gasteiger partial charge in [0.1, 0.15) is 6.04 Å². The molecular formula is C26H28BrCl2N3O2. The second-order valence-electron chi connectivity index (χ2n) is 9.93. The SMILES string of the molecule is NC(=O)C(Cc1ccc(Br)c(C2CC3CCN2CC3)c1)NC(=O)C1(c2ccc(Cl)cc2Cl)CC1. The third-order valence-corrected chi connectivity index (χ3v) is 9.06. The summed E-state index contributed by atoms with van der Waals surface area (Å²) in [6, 6.07) is 11.0. The van der Waals surface area contributed by atoms with Gasteiger partial charge in [-0.05, 0) is 86.0 Å². The molecule has 3 saturated heterocycles. The lowest BCUT2D eigenvalue weighted by Crippen LogP contribution is -2.49. The molecule has 8 heteroatoms. The molecule has 1 aliphatic carbocycles. The second-order valence-corrected chi connectivity index (χ2v) is 11.6. The van der Waals surface area contributed by atoms with E-state index >= 15 is 0 Å². The number of nitrogens with one attached hydrogen (secondary N) is 1. The largest absolute Gasteiger partial charge is 0.368 e. The van der Waals surface area contributed by atoms with E-state index < -0.39 is 17.4 Å². The Kier molecular flexibility index (Phi) is 6.70. The van der Waals surface area contributed by atoms with Gasteiger partial charge in [-0.15, -0.1) is 0 Å².